The Hall–Kier alpha value is -1.23. The molecule has 1 saturated carbocycles. The molecule has 1 aromatic carbocycles. The highest BCUT2D eigenvalue weighted by molar-refractivity contribution is 8.00. The van der Waals surface area contributed by atoms with E-state index in [0.717, 1.165) is 12.1 Å². The lowest BCUT2D eigenvalue weighted by Gasteiger charge is -2.14. The topological polar surface area (TPSA) is 55.2 Å². The number of thioether (sulfide) groups is 1. The number of hydrogen-bond acceptors (Lipinski definition) is 4. The summed E-state index contributed by atoms with van der Waals surface area (Å²) in [5.41, 5.74) is 1.83. The van der Waals surface area contributed by atoms with Crippen LogP contribution in [0.25, 0.3) is 0 Å². The van der Waals surface area contributed by atoms with E-state index in [9.17, 15) is 10.1 Å². The molecule has 2 rings (SSSR count). The predicted octanol–water partition coefficient (Wildman–Crippen LogP) is 3.21. The van der Waals surface area contributed by atoms with Gasteiger partial charge in [0.25, 0.3) is 5.69 Å². The van der Waals surface area contributed by atoms with E-state index < -0.39 is 0 Å². The average molecular weight is 252 g/mol. The summed E-state index contributed by atoms with van der Waals surface area (Å²) in [6.07, 6.45) is 4.49. The zero-order chi connectivity index (χ0) is 12.5. The molecule has 4 nitrogen and oxygen atoms in total. The molecular formula is C12H16N2O2S. The first kappa shape index (κ1) is 12.2. The Balaban J connectivity index is 2.13. The van der Waals surface area contributed by atoms with Crippen LogP contribution in [0.15, 0.2) is 18.2 Å². The fourth-order valence-corrected chi connectivity index (χ4v) is 2.53. The molecule has 0 bridgehead atoms. The van der Waals surface area contributed by atoms with Crippen molar-refractivity contribution >= 4 is 23.1 Å². The van der Waals surface area contributed by atoms with Crippen LogP contribution in [0, 0.1) is 17.0 Å². The molecule has 0 radical (unpaired) electrons. The highest BCUT2D eigenvalue weighted by Crippen LogP contribution is 2.47. The molecule has 0 saturated heterocycles. The summed E-state index contributed by atoms with van der Waals surface area (Å²) in [5.74, 6) is 0. The van der Waals surface area contributed by atoms with Crippen LogP contribution < -0.4 is 5.32 Å². The van der Waals surface area contributed by atoms with E-state index >= 15 is 0 Å². The van der Waals surface area contributed by atoms with E-state index in [0.29, 0.717) is 10.4 Å². The van der Waals surface area contributed by atoms with Crippen molar-refractivity contribution in [2.45, 2.75) is 24.5 Å². The minimum atomic E-state index is -0.333. The largest absolute Gasteiger partial charge is 0.378 e. The van der Waals surface area contributed by atoms with Gasteiger partial charge in [-0.2, -0.15) is 11.8 Å². The van der Waals surface area contributed by atoms with Gasteiger partial charge in [0.15, 0.2) is 0 Å². The van der Waals surface area contributed by atoms with Crippen LogP contribution in [-0.2, 0) is 0 Å². The number of anilines is 1. The smallest absolute Gasteiger partial charge is 0.292 e. The van der Waals surface area contributed by atoms with E-state index in [-0.39, 0.29) is 10.6 Å². The van der Waals surface area contributed by atoms with Crippen LogP contribution in [0.5, 0.6) is 0 Å². The molecule has 1 aliphatic rings. The number of hydrogen-bond donors (Lipinski definition) is 1. The second-order valence-electron chi connectivity index (χ2n) is 4.52. The second-order valence-corrected chi connectivity index (χ2v) is 5.79. The van der Waals surface area contributed by atoms with Gasteiger partial charge in [0.2, 0.25) is 0 Å². The monoisotopic (exact) mass is 252 g/mol. The van der Waals surface area contributed by atoms with Crippen molar-refractivity contribution in [3.8, 4) is 0 Å². The Bertz CT molecular complexity index is 444. The van der Waals surface area contributed by atoms with Crippen LogP contribution in [-0.4, -0.2) is 22.5 Å². The minimum absolute atomic E-state index is 0.160. The van der Waals surface area contributed by atoms with E-state index in [1.807, 2.05) is 24.8 Å². The third kappa shape index (κ3) is 2.72. The van der Waals surface area contributed by atoms with Gasteiger partial charge in [0, 0.05) is 17.4 Å². The fourth-order valence-electron chi connectivity index (χ4n) is 1.80. The van der Waals surface area contributed by atoms with E-state index in [1.165, 1.54) is 12.8 Å². The first-order valence-corrected chi connectivity index (χ1v) is 6.83. The molecule has 17 heavy (non-hydrogen) atoms. The van der Waals surface area contributed by atoms with Gasteiger partial charge >= 0.3 is 0 Å². The normalized spacial score (nSPS) is 16.6. The van der Waals surface area contributed by atoms with Crippen molar-refractivity contribution in [3.63, 3.8) is 0 Å². The van der Waals surface area contributed by atoms with Crippen LogP contribution in [0.1, 0.15) is 18.4 Å². The van der Waals surface area contributed by atoms with Gasteiger partial charge in [-0.1, -0.05) is 6.07 Å². The molecule has 0 atom stereocenters. The molecule has 0 heterocycles. The summed E-state index contributed by atoms with van der Waals surface area (Å²) in [5, 5.41) is 14.1. The Morgan fingerprint density at radius 1 is 1.53 bits per heavy atom. The molecule has 0 aromatic heterocycles. The molecule has 1 fully saturated rings. The highest BCUT2D eigenvalue weighted by Gasteiger charge is 2.41. The first-order valence-electron chi connectivity index (χ1n) is 5.60. The molecule has 1 aromatic rings. The van der Waals surface area contributed by atoms with Gasteiger partial charge in [0.1, 0.15) is 5.69 Å². The first-order chi connectivity index (χ1) is 8.06. The second kappa shape index (κ2) is 4.56. The molecular weight excluding hydrogens is 236 g/mol. The third-order valence-electron chi connectivity index (χ3n) is 3.19. The van der Waals surface area contributed by atoms with Gasteiger partial charge in [-0.3, -0.25) is 10.1 Å². The lowest BCUT2D eigenvalue weighted by molar-refractivity contribution is -0.384. The van der Waals surface area contributed by atoms with Crippen molar-refractivity contribution in [1.29, 1.82) is 0 Å². The maximum Gasteiger partial charge on any atom is 0.292 e. The fraction of sp³-hybridized carbons (Fsp3) is 0.500. The van der Waals surface area contributed by atoms with Gasteiger partial charge in [-0.15, -0.1) is 0 Å². The van der Waals surface area contributed by atoms with Crippen molar-refractivity contribution in [3.05, 3.63) is 33.9 Å². The Morgan fingerprint density at radius 2 is 2.24 bits per heavy atom. The number of nitro groups is 1. The summed E-state index contributed by atoms with van der Waals surface area (Å²) < 4.78 is 0.303. The number of nitro benzene ring substituents is 1. The molecule has 1 N–H and O–H groups in total. The predicted molar refractivity (Wildman–Crippen MR) is 71.8 cm³/mol. The van der Waals surface area contributed by atoms with E-state index in [1.54, 1.807) is 12.1 Å². The summed E-state index contributed by atoms with van der Waals surface area (Å²) in [6.45, 7) is 2.74. The standard InChI is InChI=1S/C12H16N2O2S/c1-9-3-4-11(14(15)16)10(7-9)13-8-12(17-2)5-6-12/h3-4,7,13H,5-6,8H2,1-2H3. The number of nitrogens with one attached hydrogen (secondary N) is 1. The van der Waals surface area contributed by atoms with Crippen LogP contribution >= 0.6 is 11.8 Å². The van der Waals surface area contributed by atoms with Crippen LogP contribution in [0.2, 0.25) is 0 Å². The van der Waals surface area contributed by atoms with Crippen molar-refractivity contribution in [2.75, 3.05) is 18.1 Å². The molecule has 0 aliphatic heterocycles. The van der Waals surface area contributed by atoms with E-state index in [2.05, 4.69) is 11.6 Å². The van der Waals surface area contributed by atoms with Crippen LogP contribution in [0.3, 0.4) is 0 Å². The van der Waals surface area contributed by atoms with Crippen LogP contribution in [0.4, 0.5) is 11.4 Å². The number of aryl methyl sites for hydroxylation is 1. The SMILES string of the molecule is CSC1(CNc2cc(C)ccc2[N+](=O)[O-])CC1. The summed E-state index contributed by atoms with van der Waals surface area (Å²) >= 11 is 1.84. The Kier molecular flexibility index (Phi) is 3.28. The Labute approximate surface area is 105 Å². The van der Waals surface area contributed by atoms with Gasteiger partial charge in [-0.05, 0) is 37.7 Å². The molecule has 1 aliphatic carbocycles. The van der Waals surface area contributed by atoms with Gasteiger partial charge in [-0.25, -0.2) is 0 Å². The van der Waals surface area contributed by atoms with E-state index in [4.69, 9.17) is 0 Å². The van der Waals surface area contributed by atoms with Gasteiger partial charge < -0.3 is 5.32 Å². The lowest BCUT2D eigenvalue weighted by Crippen LogP contribution is -2.18. The lowest BCUT2D eigenvalue weighted by atomic mass is 10.2. The molecule has 5 heteroatoms. The van der Waals surface area contributed by atoms with Crippen molar-refractivity contribution in [1.82, 2.24) is 0 Å². The van der Waals surface area contributed by atoms with Crippen molar-refractivity contribution < 1.29 is 4.92 Å². The average Bonchev–Trinajstić information content (AvgIpc) is 3.07. The maximum atomic E-state index is 10.9. The summed E-state index contributed by atoms with van der Waals surface area (Å²) in [6, 6.07) is 5.18. The van der Waals surface area contributed by atoms with Gasteiger partial charge in [0.05, 0.1) is 4.92 Å². The quantitative estimate of drug-likeness (QED) is 0.645. The third-order valence-corrected chi connectivity index (χ3v) is 4.61. The Morgan fingerprint density at radius 3 is 2.76 bits per heavy atom. The number of benzene rings is 1. The highest BCUT2D eigenvalue weighted by atomic mass is 32.2. The number of rotatable bonds is 5. The summed E-state index contributed by atoms with van der Waals surface area (Å²) in [7, 11) is 0. The molecule has 92 valence electrons. The maximum absolute atomic E-state index is 10.9. The number of nitrogens with zero attached hydrogens (tertiary/aromatic N) is 1. The zero-order valence-corrected chi connectivity index (χ0v) is 10.8. The zero-order valence-electron chi connectivity index (χ0n) is 10.0. The molecule has 0 unspecified atom stereocenters. The molecule has 0 amide bonds. The minimum Gasteiger partial charge on any atom is -0.378 e. The summed E-state index contributed by atoms with van der Waals surface area (Å²) in [4.78, 5) is 10.6. The molecule has 0 spiro atoms. The van der Waals surface area contributed by atoms with Crippen molar-refractivity contribution in [2.24, 2.45) is 0 Å².